The highest BCUT2D eigenvalue weighted by Crippen LogP contribution is 2.25. The minimum Gasteiger partial charge on any atom is -0.303 e. The second-order valence-corrected chi connectivity index (χ2v) is 4.31. The van der Waals surface area contributed by atoms with Crippen molar-refractivity contribution < 1.29 is 0 Å². The van der Waals surface area contributed by atoms with Crippen LogP contribution in [0.4, 0.5) is 0 Å². The van der Waals surface area contributed by atoms with Crippen LogP contribution in [0.3, 0.4) is 0 Å². The molecule has 0 amide bonds. The van der Waals surface area contributed by atoms with Crippen molar-refractivity contribution in [2.75, 3.05) is 13.6 Å². The Morgan fingerprint density at radius 1 is 1.50 bits per heavy atom. The maximum absolute atomic E-state index is 2.54. The van der Waals surface area contributed by atoms with Gasteiger partial charge in [0.25, 0.3) is 0 Å². The van der Waals surface area contributed by atoms with Gasteiger partial charge in [-0.1, -0.05) is 26.7 Å². The van der Waals surface area contributed by atoms with Crippen molar-refractivity contribution in [3.8, 4) is 0 Å². The first-order valence-electron chi connectivity index (χ1n) is 5.46. The van der Waals surface area contributed by atoms with E-state index in [9.17, 15) is 0 Å². The maximum atomic E-state index is 2.54. The highest BCUT2D eigenvalue weighted by Gasteiger charge is 2.25. The standard InChI is InChI=1S/C11H23N/c1-4-5-7-10(2)11-8-6-9-12(11)3/h10-11H,4-9H2,1-3H3. The Morgan fingerprint density at radius 2 is 2.25 bits per heavy atom. The van der Waals surface area contributed by atoms with Crippen LogP contribution in [0.1, 0.15) is 46.0 Å². The largest absolute Gasteiger partial charge is 0.303 e. The van der Waals surface area contributed by atoms with Gasteiger partial charge in [0.05, 0.1) is 0 Å². The number of rotatable bonds is 4. The summed E-state index contributed by atoms with van der Waals surface area (Å²) in [6, 6.07) is 0.886. The van der Waals surface area contributed by atoms with Crippen molar-refractivity contribution in [1.82, 2.24) is 4.90 Å². The van der Waals surface area contributed by atoms with Crippen molar-refractivity contribution in [3.63, 3.8) is 0 Å². The Bertz CT molecular complexity index is 122. The fourth-order valence-corrected chi connectivity index (χ4v) is 2.37. The van der Waals surface area contributed by atoms with Gasteiger partial charge < -0.3 is 4.90 Å². The number of unbranched alkanes of at least 4 members (excludes halogenated alkanes) is 1. The monoisotopic (exact) mass is 169 g/mol. The fraction of sp³-hybridized carbons (Fsp3) is 1.00. The highest BCUT2D eigenvalue weighted by atomic mass is 15.1. The minimum atomic E-state index is 0.886. The van der Waals surface area contributed by atoms with Crippen molar-refractivity contribution >= 4 is 0 Å². The topological polar surface area (TPSA) is 3.24 Å². The molecule has 0 saturated carbocycles. The van der Waals surface area contributed by atoms with Crippen LogP contribution in [0.15, 0.2) is 0 Å². The third-order valence-electron chi connectivity index (χ3n) is 3.25. The molecule has 2 unspecified atom stereocenters. The molecule has 2 atom stereocenters. The van der Waals surface area contributed by atoms with Crippen molar-refractivity contribution in [3.05, 3.63) is 0 Å². The van der Waals surface area contributed by atoms with E-state index < -0.39 is 0 Å². The molecule has 0 bridgehead atoms. The fourth-order valence-electron chi connectivity index (χ4n) is 2.37. The van der Waals surface area contributed by atoms with E-state index in [1.807, 2.05) is 0 Å². The number of hydrogen-bond donors (Lipinski definition) is 0. The highest BCUT2D eigenvalue weighted by molar-refractivity contribution is 4.80. The molecule has 1 nitrogen and oxygen atoms in total. The normalized spacial score (nSPS) is 27.8. The Balaban J connectivity index is 2.25. The van der Waals surface area contributed by atoms with Gasteiger partial charge in [-0.3, -0.25) is 0 Å². The average molecular weight is 169 g/mol. The molecule has 1 saturated heterocycles. The third-order valence-corrected chi connectivity index (χ3v) is 3.25. The Hall–Kier alpha value is -0.0400. The molecule has 1 aliphatic rings. The Labute approximate surface area is 77.1 Å². The second-order valence-electron chi connectivity index (χ2n) is 4.31. The molecule has 0 spiro atoms. The van der Waals surface area contributed by atoms with Crippen LogP contribution < -0.4 is 0 Å². The van der Waals surface area contributed by atoms with Crippen molar-refractivity contribution in [1.29, 1.82) is 0 Å². The molecule has 1 fully saturated rings. The van der Waals surface area contributed by atoms with Gasteiger partial charge in [-0.2, -0.15) is 0 Å². The number of likely N-dealkylation sites (tertiary alicyclic amines) is 1. The molecule has 0 aliphatic carbocycles. The summed E-state index contributed by atoms with van der Waals surface area (Å²) in [6.07, 6.45) is 7.02. The molecule has 72 valence electrons. The van der Waals surface area contributed by atoms with Crippen LogP contribution in [0.2, 0.25) is 0 Å². The van der Waals surface area contributed by atoms with E-state index in [0.717, 1.165) is 12.0 Å². The molecule has 0 radical (unpaired) electrons. The molecule has 0 aromatic rings. The van der Waals surface area contributed by atoms with E-state index in [2.05, 4.69) is 25.8 Å². The van der Waals surface area contributed by atoms with E-state index >= 15 is 0 Å². The first kappa shape index (κ1) is 10.0. The molecule has 0 N–H and O–H groups in total. The SMILES string of the molecule is CCCCC(C)C1CCCN1C. The summed E-state index contributed by atoms with van der Waals surface area (Å²) in [5.74, 6) is 0.914. The lowest BCUT2D eigenvalue weighted by Crippen LogP contribution is -2.30. The zero-order chi connectivity index (χ0) is 8.97. The van der Waals surface area contributed by atoms with Crippen LogP contribution in [-0.4, -0.2) is 24.5 Å². The number of nitrogens with zero attached hydrogens (tertiary/aromatic N) is 1. The molecule has 0 aromatic carbocycles. The van der Waals surface area contributed by atoms with Crippen LogP contribution in [0.5, 0.6) is 0 Å². The predicted molar refractivity (Wildman–Crippen MR) is 54.3 cm³/mol. The number of hydrogen-bond acceptors (Lipinski definition) is 1. The lowest BCUT2D eigenvalue weighted by molar-refractivity contribution is 0.227. The van der Waals surface area contributed by atoms with Gasteiger partial charge in [0.2, 0.25) is 0 Å². The van der Waals surface area contributed by atoms with Crippen molar-refractivity contribution in [2.24, 2.45) is 5.92 Å². The minimum absolute atomic E-state index is 0.886. The van der Waals surface area contributed by atoms with Gasteiger partial charge in [0.1, 0.15) is 0 Å². The molecule has 1 heterocycles. The van der Waals surface area contributed by atoms with Crippen LogP contribution in [-0.2, 0) is 0 Å². The molecule has 12 heavy (non-hydrogen) atoms. The molecular weight excluding hydrogens is 146 g/mol. The van der Waals surface area contributed by atoms with Crippen LogP contribution >= 0.6 is 0 Å². The summed E-state index contributed by atoms with van der Waals surface area (Å²) < 4.78 is 0. The van der Waals surface area contributed by atoms with Gasteiger partial charge in [-0.25, -0.2) is 0 Å². The van der Waals surface area contributed by atoms with E-state index in [0.29, 0.717) is 0 Å². The van der Waals surface area contributed by atoms with E-state index in [4.69, 9.17) is 0 Å². The van der Waals surface area contributed by atoms with Gasteiger partial charge in [0.15, 0.2) is 0 Å². The average Bonchev–Trinajstić information content (AvgIpc) is 2.47. The molecule has 1 aliphatic heterocycles. The first-order valence-corrected chi connectivity index (χ1v) is 5.46. The van der Waals surface area contributed by atoms with E-state index in [-0.39, 0.29) is 0 Å². The zero-order valence-corrected chi connectivity index (χ0v) is 8.84. The lowest BCUT2D eigenvalue weighted by atomic mass is 9.94. The molecule has 0 aromatic heterocycles. The summed E-state index contributed by atoms with van der Waals surface area (Å²) in [5.41, 5.74) is 0. The third kappa shape index (κ3) is 2.48. The first-order chi connectivity index (χ1) is 5.75. The predicted octanol–water partition coefficient (Wildman–Crippen LogP) is 2.91. The summed E-state index contributed by atoms with van der Waals surface area (Å²) in [6.45, 7) is 6.02. The van der Waals surface area contributed by atoms with Gasteiger partial charge in [-0.05, 0) is 38.8 Å². The summed E-state index contributed by atoms with van der Waals surface area (Å²) in [4.78, 5) is 2.54. The van der Waals surface area contributed by atoms with Crippen LogP contribution in [0, 0.1) is 5.92 Å². The quantitative estimate of drug-likeness (QED) is 0.625. The smallest absolute Gasteiger partial charge is 0.0118 e. The summed E-state index contributed by atoms with van der Waals surface area (Å²) >= 11 is 0. The molecule has 1 heteroatoms. The van der Waals surface area contributed by atoms with Gasteiger partial charge in [0, 0.05) is 6.04 Å². The summed E-state index contributed by atoms with van der Waals surface area (Å²) in [7, 11) is 2.28. The summed E-state index contributed by atoms with van der Waals surface area (Å²) in [5, 5.41) is 0. The second kappa shape index (κ2) is 4.86. The Kier molecular flexibility index (Phi) is 4.07. The van der Waals surface area contributed by atoms with Gasteiger partial charge >= 0.3 is 0 Å². The van der Waals surface area contributed by atoms with E-state index in [1.54, 1.807) is 0 Å². The van der Waals surface area contributed by atoms with E-state index in [1.165, 1.54) is 38.6 Å². The van der Waals surface area contributed by atoms with Gasteiger partial charge in [-0.15, -0.1) is 0 Å². The molecule has 1 rings (SSSR count). The van der Waals surface area contributed by atoms with Crippen LogP contribution in [0.25, 0.3) is 0 Å². The maximum Gasteiger partial charge on any atom is 0.0118 e. The Morgan fingerprint density at radius 3 is 2.75 bits per heavy atom. The molecular formula is C11H23N. The lowest BCUT2D eigenvalue weighted by Gasteiger charge is -2.25. The van der Waals surface area contributed by atoms with Crippen molar-refractivity contribution in [2.45, 2.75) is 52.0 Å². The zero-order valence-electron chi connectivity index (χ0n) is 8.84.